The lowest BCUT2D eigenvalue weighted by molar-refractivity contribution is 0.624. The Labute approximate surface area is 113 Å². The first-order valence-corrected chi connectivity index (χ1v) is 7.14. The molecule has 1 aromatic heterocycles. The highest BCUT2D eigenvalue weighted by Crippen LogP contribution is 2.22. The Balaban J connectivity index is 1.83. The lowest BCUT2D eigenvalue weighted by Gasteiger charge is -2.05. The molecule has 1 aromatic carbocycles. The van der Waals surface area contributed by atoms with Crippen molar-refractivity contribution in [2.24, 2.45) is 0 Å². The quantitative estimate of drug-likeness (QED) is 0.826. The molecule has 0 unspecified atom stereocenters. The fraction of sp³-hybridized carbons (Fsp3) is 0.438. The fourth-order valence-electron chi connectivity index (χ4n) is 2.91. The van der Waals surface area contributed by atoms with Gasteiger partial charge in [0.1, 0.15) is 0 Å². The van der Waals surface area contributed by atoms with Gasteiger partial charge in [0, 0.05) is 18.9 Å². The van der Waals surface area contributed by atoms with E-state index in [9.17, 15) is 4.79 Å². The zero-order valence-electron chi connectivity index (χ0n) is 11.4. The Morgan fingerprint density at radius 1 is 1.11 bits per heavy atom. The van der Waals surface area contributed by atoms with Crippen molar-refractivity contribution >= 4 is 0 Å². The van der Waals surface area contributed by atoms with E-state index in [0.29, 0.717) is 6.54 Å². The monoisotopic (exact) mass is 256 g/mol. The second-order valence-electron chi connectivity index (χ2n) is 5.36. The van der Waals surface area contributed by atoms with Gasteiger partial charge >= 0.3 is 5.69 Å². The van der Waals surface area contributed by atoms with Gasteiger partial charge in [0.2, 0.25) is 0 Å². The lowest BCUT2D eigenvalue weighted by Crippen LogP contribution is -2.24. The molecule has 3 nitrogen and oxygen atoms in total. The van der Waals surface area contributed by atoms with Gasteiger partial charge in [-0.05, 0) is 42.4 Å². The molecule has 100 valence electrons. The summed E-state index contributed by atoms with van der Waals surface area (Å²) in [5, 5.41) is 0. The lowest BCUT2D eigenvalue weighted by atomic mass is 10.1. The number of aromatic nitrogens is 2. The van der Waals surface area contributed by atoms with Gasteiger partial charge in [-0.1, -0.05) is 25.1 Å². The van der Waals surface area contributed by atoms with E-state index in [1.807, 2.05) is 12.4 Å². The number of hydrogen-bond donors (Lipinski definition) is 0. The van der Waals surface area contributed by atoms with Gasteiger partial charge in [-0.15, -0.1) is 0 Å². The molecule has 0 atom stereocenters. The third-order valence-electron chi connectivity index (χ3n) is 3.90. The smallest absolute Gasteiger partial charge is 0.299 e. The van der Waals surface area contributed by atoms with E-state index in [1.165, 1.54) is 36.0 Å². The summed E-state index contributed by atoms with van der Waals surface area (Å²) in [6, 6.07) is 6.66. The molecule has 0 spiro atoms. The van der Waals surface area contributed by atoms with Crippen molar-refractivity contribution in [1.82, 2.24) is 9.13 Å². The summed E-state index contributed by atoms with van der Waals surface area (Å²) in [4.78, 5) is 12.1. The fourth-order valence-corrected chi connectivity index (χ4v) is 2.91. The van der Waals surface area contributed by atoms with Crippen LogP contribution >= 0.6 is 0 Å². The maximum atomic E-state index is 12.1. The molecule has 3 rings (SSSR count). The van der Waals surface area contributed by atoms with Gasteiger partial charge in [-0.2, -0.15) is 0 Å². The summed E-state index contributed by atoms with van der Waals surface area (Å²) in [5.74, 6) is 0. The van der Waals surface area contributed by atoms with Crippen molar-refractivity contribution in [3.05, 3.63) is 57.8 Å². The van der Waals surface area contributed by atoms with Crippen LogP contribution in [0.2, 0.25) is 0 Å². The summed E-state index contributed by atoms with van der Waals surface area (Å²) in [7, 11) is 0. The van der Waals surface area contributed by atoms with Gasteiger partial charge in [-0.3, -0.25) is 9.13 Å². The van der Waals surface area contributed by atoms with E-state index in [-0.39, 0.29) is 5.69 Å². The van der Waals surface area contributed by atoms with Gasteiger partial charge < -0.3 is 0 Å². The molecular weight excluding hydrogens is 236 g/mol. The highest BCUT2D eigenvalue weighted by Gasteiger charge is 2.11. The van der Waals surface area contributed by atoms with Crippen LogP contribution in [0.5, 0.6) is 0 Å². The molecule has 0 saturated heterocycles. The highest BCUT2D eigenvalue weighted by molar-refractivity contribution is 5.35. The Bertz CT molecular complexity index is 636. The number of nitrogens with zero attached hydrogens (tertiary/aromatic N) is 2. The molecule has 0 radical (unpaired) electrons. The van der Waals surface area contributed by atoms with Crippen LogP contribution in [0, 0.1) is 0 Å². The largest absolute Gasteiger partial charge is 0.328 e. The van der Waals surface area contributed by atoms with Crippen molar-refractivity contribution in [2.75, 3.05) is 0 Å². The van der Waals surface area contributed by atoms with Crippen molar-refractivity contribution in [1.29, 1.82) is 0 Å². The minimum atomic E-state index is 0.0994. The van der Waals surface area contributed by atoms with Crippen molar-refractivity contribution < 1.29 is 0 Å². The van der Waals surface area contributed by atoms with E-state index < -0.39 is 0 Å². The van der Waals surface area contributed by atoms with E-state index in [2.05, 4.69) is 25.1 Å². The van der Waals surface area contributed by atoms with Gasteiger partial charge in [0.05, 0.1) is 6.54 Å². The Hall–Kier alpha value is -1.77. The molecule has 0 aliphatic heterocycles. The Morgan fingerprint density at radius 3 is 2.74 bits per heavy atom. The molecule has 19 heavy (non-hydrogen) atoms. The normalized spacial score (nSPS) is 13.7. The summed E-state index contributed by atoms with van der Waals surface area (Å²) in [5.41, 5.74) is 4.29. The number of aryl methyl sites for hydroxylation is 3. The molecule has 2 aromatic rings. The SMILES string of the molecule is CCCn1ccn(Cc2ccc3c(c2)CCC3)c1=O. The average Bonchev–Trinajstić information content (AvgIpc) is 3.00. The Kier molecular flexibility index (Phi) is 3.28. The number of benzene rings is 1. The van der Waals surface area contributed by atoms with Gasteiger partial charge in [-0.25, -0.2) is 4.79 Å². The van der Waals surface area contributed by atoms with Crippen LogP contribution in [0.1, 0.15) is 36.5 Å². The Morgan fingerprint density at radius 2 is 1.89 bits per heavy atom. The number of fused-ring (bicyclic) bond motifs is 1. The third-order valence-corrected chi connectivity index (χ3v) is 3.90. The molecule has 0 fully saturated rings. The number of imidazole rings is 1. The summed E-state index contributed by atoms with van der Waals surface area (Å²) < 4.78 is 3.58. The standard InChI is InChI=1S/C16H20N2O/c1-2-8-17-9-10-18(16(17)19)12-13-6-7-14-4-3-5-15(14)11-13/h6-7,9-11H,2-5,8,12H2,1H3. The average molecular weight is 256 g/mol. The van der Waals surface area contributed by atoms with E-state index in [4.69, 9.17) is 0 Å². The van der Waals surface area contributed by atoms with Crippen LogP contribution < -0.4 is 5.69 Å². The minimum absolute atomic E-state index is 0.0994. The molecule has 0 N–H and O–H groups in total. The predicted molar refractivity (Wildman–Crippen MR) is 76.6 cm³/mol. The third kappa shape index (κ3) is 2.37. The number of rotatable bonds is 4. The van der Waals surface area contributed by atoms with Crippen LogP contribution in [0.25, 0.3) is 0 Å². The van der Waals surface area contributed by atoms with Crippen molar-refractivity contribution in [2.45, 2.75) is 45.7 Å². The second kappa shape index (κ2) is 5.08. The first kappa shape index (κ1) is 12.3. The van der Waals surface area contributed by atoms with Gasteiger partial charge in [0.15, 0.2) is 0 Å². The zero-order valence-corrected chi connectivity index (χ0v) is 11.4. The second-order valence-corrected chi connectivity index (χ2v) is 5.36. The first-order valence-electron chi connectivity index (χ1n) is 7.14. The molecule has 1 heterocycles. The molecule has 3 heteroatoms. The minimum Gasteiger partial charge on any atom is -0.299 e. The van der Waals surface area contributed by atoms with E-state index >= 15 is 0 Å². The van der Waals surface area contributed by atoms with Crippen LogP contribution in [0.4, 0.5) is 0 Å². The molecule has 1 aliphatic rings. The maximum Gasteiger partial charge on any atom is 0.328 e. The summed E-state index contributed by atoms with van der Waals surface area (Å²) in [6.45, 7) is 3.57. The zero-order chi connectivity index (χ0) is 13.2. The predicted octanol–water partition coefficient (Wildman–Crippen LogP) is 2.60. The van der Waals surface area contributed by atoms with Crippen molar-refractivity contribution in [3.8, 4) is 0 Å². The van der Waals surface area contributed by atoms with Crippen LogP contribution in [0.3, 0.4) is 0 Å². The topological polar surface area (TPSA) is 26.9 Å². The van der Waals surface area contributed by atoms with Crippen molar-refractivity contribution in [3.63, 3.8) is 0 Å². The van der Waals surface area contributed by atoms with Crippen LogP contribution in [0.15, 0.2) is 35.4 Å². The van der Waals surface area contributed by atoms with Crippen LogP contribution in [-0.2, 0) is 25.9 Å². The summed E-state index contributed by atoms with van der Waals surface area (Å²) in [6.07, 6.45) is 8.44. The molecule has 0 saturated carbocycles. The maximum absolute atomic E-state index is 12.1. The molecule has 0 bridgehead atoms. The van der Waals surface area contributed by atoms with E-state index in [0.717, 1.165) is 13.0 Å². The molecule has 0 amide bonds. The highest BCUT2D eigenvalue weighted by atomic mass is 16.1. The van der Waals surface area contributed by atoms with Crippen LogP contribution in [-0.4, -0.2) is 9.13 Å². The summed E-state index contributed by atoms with van der Waals surface area (Å²) >= 11 is 0. The first-order chi connectivity index (χ1) is 9.28. The molecule has 1 aliphatic carbocycles. The number of hydrogen-bond acceptors (Lipinski definition) is 1. The molecular formula is C16H20N2O. The van der Waals surface area contributed by atoms with E-state index in [1.54, 1.807) is 9.13 Å². The van der Waals surface area contributed by atoms with Gasteiger partial charge in [0.25, 0.3) is 0 Å².